The zero-order valence-corrected chi connectivity index (χ0v) is 23.4. The summed E-state index contributed by atoms with van der Waals surface area (Å²) >= 11 is 14.4. The molecule has 0 saturated carbocycles. The Hall–Kier alpha value is -1.56. The van der Waals surface area contributed by atoms with E-state index in [-0.39, 0.29) is 24.2 Å². The van der Waals surface area contributed by atoms with Crippen molar-refractivity contribution in [2.45, 2.75) is 38.0 Å². The van der Waals surface area contributed by atoms with E-state index in [0.29, 0.717) is 28.1 Å². The predicted octanol–water partition coefficient (Wildman–Crippen LogP) is 7.91. The molecular formula is C28H33Cl3N2OS. The van der Waals surface area contributed by atoms with Crippen LogP contribution in [0, 0.1) is 6.92 Å². The van der Waals surface area contributed by atoms with Gasteiger partial charge in [0, 0.05) is 30.0 Å². The number of hydrogen-bond donors (Lipinski definition) is 0. The first-order valence-corrected chi connectivity index (χ1v) is 13.6. The van der Waals surface area contributed by atoms with E-state index in [4.69, 9.17) is 23.2 Å². The quantitative estimate of drug-likeness (QED) is 0.284. The maximum Gasteiger partial charge on any atom is 0.253 e. The molecule has 3 aromatic rings. The fourth-order valence-corrected chi connectivity index (χ4v) is 6.17. The van der Waals surface area contributed by atoms with Gasteiger partial charge in [0.25, 0.3) is 5.91 Å². The van der Waals surface area contributed by atoms with Crippen molar-refractivity contribution in [3.05, 3.63) is 91.6 Å². The second-order valence-corrected chi connectivity index (χ2v) is 11.1. The van der Waals surface area contributed by atoms with Crippen LogP contribution in [0.5, 0.6) is 0 Å². The summed E-state index contributed by atoms with van der Waals surface area (Å²) in [5.41, 5.74) is 3.22. The molecule has 4 rings (SSSR count). The van der Waals surface area contributed by atoms with Gasteiger partial charge in [0.05, 0.1) is 10.0 Å². The average Bonchev–Trinajstić information content (AvgIpc) is 3.30. The van der Waals surface area contributed by atoms with Crippen molar-refractivity contribution < 1.29 is 4.79 Å². The number of carbonyl (C=O) groups is 1. The lowest BCUT2D eigenvalue weighted by Crippen LogP contribution is -2.36. The predicted molar refractivity (Wildman–Crippen MR) is 152 cm³/mol. The van der Waals surface area contributed by atoms with Gasteiger partial charge in [-0.3, -0.25) is 4.79 Å². The van der Waals surface area contributed by atoms with E-state index in [1.807, 2.05) is 71.8 Å². The van der Waals surface area contributed by atoms with Crippen molar-refractivity contribution in [3.8, 4) is 0 Å². The third kappa shape index (κ3) is 7.47. The van der Waals surface area contributed by atoms with Gasteiger partial charge < -0.3 is 9.80 Å². The fraction of sp³-hybridized carbons (Fsp3) is 0.393. The van der Waals surface area contributed by atoms with Gasteiger partial charge in [0.2, 0.25) is 0 Å². The maximum absolute atomic E-state index is 13.0. The smallest absolute Gasteiger partial charge is 0.253 e. The highest BCUT2D eigenvalue weighted by Gasteiger charge is 2.24. The molecular weight excluding hydrogens is 519 g/mol. The summed E-state index contributed by atoms with van der Waals surface area (Å²) in [5, 5.41) is 3.38. The molecule has 0 bridgehead atoms. The molecule has 0 radical (unpaired) electrons. The molecule has 188 valence electrons. The number of likely N-dealkylation sites (N-methyl/N-ethyl adjacent to an activating group) is 1. The minimum atomic E-state index is 0. The third-order valence-electron chi connectivity index (χ3n) is 6.81. The van der Waals surface area contributed by atoms with Gasteiger partial charge in [-0.1, -0.05) is 47.5 Å². The van der Waals surface area contributed by atoms with Gasteiger partial charge in [-0.25, -0.2) is 0 Å². The molecule has 1 aliphatic heterocycles. The SMILES string of the molecule is Cc1csc(C2CCN(CC[C@H](CN(C)C(=O)c3ccccc3)c3ccc(Cl)c(Cl)c3)CC2)c1.Cl. The number of rotatable bonds is 8. The number of aryl methyl sites for hydroxylation is 1. The summed E-state index contributed by atoms with van der Waals surface area (Å²) < 4.78 is 0. The van der Waals surface area contributed by atoms with Crippen LogP contribution in [0.2, 0.25) is 10.0 Å². The average molecular weight is 552 g/mol. The molecule has 1 atom stereocenters. The largest absolute Gasteiger partial charge is 0.341 e. The zero-order chi connectivity index (χ0) is 24.1. The molecule has 2 heterocycles. The Kier molecular flexibility index (Phi) is 10.5. The van der Waals surface area contributed by atoms with E-state index in [0.717, 1.165) is 31.6 Å². The van der Waals surface area contributed by atoms with Crippen LogP contribution in [0.3, 0.4) is 0 Å². The number of amides is 1. The molecule has 0 aliphatic carbocycles. The van der Waals surface area contributed by atoms with Crippen LogP contribution in [-0.2, 0) is 0 Å². The number of halogens is 3. The lowest BCUT2D eigenvalue weighted by molar-refractivity contribution is 0.0781. The van der Waals surface area contributed by atoms with Gasteiger partial charge in [0.15, 0.2) is 0 Å². The highest BCUT2D eigenvalue weighted by molar-refractivity contribution is 7.10. The Morgan fingerprint density at radius 2 is 1.80 bits per heavy atom. The molecule has 1 saturated heterocycles. The van der Waals surface area contributed by atoms with Gasteiger partial charge in [-0.15, -0.1) is 23.7 Å². The number of hydrogen-bond acceptors (Lipinski definition) is 3. The fourth-order valence-electron chi connectivity index (χ4n) is 4.79. The lowest BCUT2D eigenvalue weighted by atomic mass is 9.92. The van der Waals surface area contributed by atoms with E-state index in [9.17, 15) is 4.79 Å². The number of likely N-dealkylation sites (tertiary alicyclic amines) is 1. The Morgan fingerprint density at radius 3 is 2.43 bits per heavy atom. The van der Waals surface area contributed by atoms with Crippen molar-refractivity contribution in [1.82, 2.24) is 9.80 Å². The number of piperidine rings is 1. The lowest BCUT2D eigenvalue weighted by Gasteiger charge is -2.33. The van der Waals surface area contributed by atoms with Crippen molar-refractivity contribution in [1.29, 1.82) is 0 Å². The van der Waals surface area contributed by atoms with Crippen molar-refractivity contribution in [2.75, 3.05) is 33.2 Å². The Morgan fingerprint density at radius 1 is 1.09 bits per heavy atom. The number of benzene rings is 2. The second kappa shape index (κ2) is 13.1. The molecule has 1 aromatic heterocycles. The van der Waals surface area contributed by atoms with Gasteiger partial charge in [-0.05, 0) is 98.6 Å². The van der Waals surface area contributed by atoms with E-state index >= 15 is 0 Å². The van der Waals surface area contributed by atoms with E-state index in [1.165, 1.54) is 23.3 Å². The summed E-state index contributed by atoms with van der Waals surface area (Å²) in [5.74, 6) is 0.915. The first-order chi connectivity index (χ1) is 16.4. The van der Waals surface area contributed by atoms with Gasteiger partial charge >= 0.3 is 0 Å². The van der Waals surface area contributed by atoms with Gasteiger partial charge in [-0.2, -0.15) is 0 Å². The maximum atomic E-state index is 13.0. The Bertz CT molecular complexity index is 1100. The summed E-state index contributed by atoms with van der Waals surface area (Å²) in [6, 6.07) is 17.7. The molecule has 1 amide bonds. The monoisotopic (exact) mass is 550 g/mol. The number of nitrogens with zero attached hydrogens (tertiary/aromatic N) is 2. The first kappa shape index (κ1) is 28.0. The summed E-state index contributed by atoms with van der Waals surface area (Å²) in [7, 11) is 1.88. The van der Waals surface area contributed by atoms with Crippen LogP contribution in [0.1, 0.15) is 57.5 Å². The summed E-state index contributed by atoms with van der Waals surface area (Å²) in [6.45, 7) is 6.06. The van der Waals surface area contributed by atoms with E-state index in [1.54, 1.807) is 0 Å². The molecule has 1 fully saturated rings. The highest BCUT2D eigenvalue weighted by atomic mass is 35.5. The van der Waals surface area contributed by atoms with Crippen LogP contribution >= 0.6 is 46.9 Å². The molecule has 7 heteroatoms. The van der Waals surface area contributed by atoms with E-state index in [2.05, 4.69) is 23.3 Å². The van der Waals surface area contributed by atoms with Crippen LogP contribution in [-0.4, -0.2) is 48.9 Å². The normalized spacial score (nSPS) is 15.4. The second-order valence-electron chi connectivity index (χ2n) is 9.35. The molecule has 35 heavy (non-hydrogen) atoms. The minimum Gasteiger partial charge on any atom is -0.341 e. The van der Waals surface area contributed by atoms with E-state index < -0.39 is 0 Å². The van der Waals surface area contributed by atoms with Crippen molar-refractivity contribution >= 4 is 52.9 Å². The van der Waals surface area contributed by atoms with Crippen LogP contribution in [0.4, 0.5) is 0 Å². The zero-order valence-electron chi connectivity index (χ0n) is 20.3. The molecule has 3 nitrogen and oxygen atoms in total. The van der Waals surface area contributed by atoms with Crippen molar-refractivity contribution in [3.63, 3.8) is 0 Å². The van der Waals surface area contributed by atoms with Crippen LogP contribution in [0.25, 0.3) is 0 Å². The first-order valence-electron chi connectivity index (χ1n) is 11.9. The van der Waals surface area contributed by atoms with Crippen LogP contribution in [0.15, 0.2) is 60.0 Å². The number of carbonyl (C=O) groups excluding carboxylic acids is 1. The third-order valence-corrected chi connectivity index (χ3v) is 8.76. The Labute approximate surface area is 229 Å². The molecule has 1 aliphatic rings. The van der Waals surface area contributed by atoms with Crippen molar-refractivity contribution in [2.24, 2.45) is 0 Å². The molecule has 0 unspecified atom stereocenters. The highest BCUT2D eigenvalue weighted by Crippen LogP contribution is 2.33. The Balaban J connectivity index is 0.00000342. The van der Waals surface area contributed by atoms with Crippen LogP contribution < -0.4 is 0 Å². The minimum absolute atomic E-state index is 0. The molecule has 0 N–H and O–H groups in total. The summed E-state index contributed by atoms with van der Waals surface area (Å²) in [4.78, 5) is 18.9. The standard InChI is InChI=1S/C28H32Cl2N2OS.ClH/c1-20-16-27(34-19-20)21-10-13-32(14-11-21)15-12-24(23-8-9-25(29)26(30)17-23)18-31(2)28(33)22-6-4-3-5-7-22;/h3-9,16-17,19,21,24H,10-15,18H2,1-2H3;1H/t24-;/m1./s1. The summed E-state index contributed by atoms with van der Waals surface area (Å²) in [6.07, 6.45) is 3.39. The molecule has 0 spiro atoms. The topological polar surface area (TPSA) is 23.6 Å². The number of thiophene rings is 1. The molecule has 2 aromatic carbocycles. The van der Waals surface area contributed by atoms with Gasteiger partial charge in [0.1, 0.15) is 0 Å².